The second kappa shape index (κ2) is 5.08. The van der Waals surface area contributed by atoms with E-state index in [1.54, 1.807) is 0 Å². The van der Waals surface area contributed by atoms with Crippen LogP contribution in [0.1, 0.15) is 20.3 Å². The Kier molecular flexibility index (Phi) is 3.50. The molecule has 1 amide bonds. The number of carbonyl (C=O) groups excluding carboxylic acids is 1. The van der Waals surface area contributed by atoms with Crippen molar-refractivity contribution in [2.45, 2.75) is 32.9 Å². The first-order chi connectivity index (χ1) is 8.61. The second-order valence-electron chi connectivity index (χ2n) is 4.41. The van der Waals surface area contributed by atoms with Crippen LogP contribution in [0.5, 0.6) is 0 Å². The quantitative estimate of drug-likeness (QED) is 0.853. The third-order valence-electron chi connectivity index (χ3n) is 3.00. The zero-order chi connectivity index (χ0) is 13.1. The summed E-state index contributed by atoms with van der Waals surface area (Å²) in [6.07, 6.45) is 0.870. The van der Waals surface area contributed by atoms with Gasteiger partial charge in [-0.2, -0.15) is 0 Å². The Bertz CT molecular complexity index is 612. The van der Waals surface area contributed by atoms with Crippen LogP contribution in [-0.2, 0) is 11.3 Å². The molecule has 1 aromatic carbocycles. The van der Waals surface area contributed by atoms with E-state index in [0.29, 0.717) is 0 Å². The second-order valence-corrected chi connectivity index (χ2v) is 4.41. The molecule has 5 nitrogen and oxygen atoms in total. The number of aromatic nitrogens is 2. The molecule has 0 saturated heterocycles. The first-order valence-electron chi connectivity index (χ1n) is 6.08. The van der Waals surface area contributed by atoms with E-state index < -0.39 is 0 Å². The van der Waals surface area contributed by atoms with Crippen molar-refractivity contribution in [2.75, 3.05) is 0 Å². The van der Waals surface area contributed by atoms with Crippen LogP contribution in [0, 0.1) is 0 Å². The van der Waals surface area contributed by atoms with Crippen molar-refractivity contribution in [3.63, 3.8) is 0 Å². The number of para-hydroxylation sites is 2. The predicted octanol–water partition coefficient (Wildman–Crippen LogP) is 1.24. The lowest BCUT2D eigenvalue weighted by atomic mass is 10.2. The minimum absolute atomic E-state index is 0.0488. The number of nitrogens with one attached hydrogen (secondary N) is 2. The lowest BCUT2D eigenvalue weighted by molar-refractivity contribution is -0.122. The molecule has 2 N–H and O–H groups in total. The number of carbonyl (C=O) groups is 1. The van der Waals surface area contributed by atoms with Gasteiger partial charge in [-0.05, 0) is 25.5 Å². The number of amides is 1. The maximum Gasteiger partial charge on any atom is 0.326 e. The number of hydrogen-bond acceptors (Lipinski definition) is 2. The molecule has 1 heterocycles. The highest BCUT2D eigenvalue weighted by Gasteiger charge is 2.11. The molecule has 0 bridgehead atoms. The summed E-state index contributed by atoms with van der Waals surface area (Å²) in [6.45, 7) is 3.99. The molecule has 2 rings (SSSR count). The number of nitrogens with zero attached hydrogens (tertiary/aromatic N) is 1. The normalized spacial score (nSPS) is 12.6. The number of fused-ring (bicyclic) bond motifs is 1. The molecule has 1 aromatic heterocycles. The summed E-state index contributed by atoms with van der Waals surface area (Å²) in [5.41, 5.74) is 1.25. The van der Waals surface area contributed by atoms with Crippen molar-refractivity contribution in [1.29, 1.82) is 0 Å². The van der Waals surface area contributed by atoms with Crippen molar-refractivity contribution in [1.82, 2.24) is 14.9 Å². The van der Waals surface area contributed by atoms with Gasteiger partial charge in [-0.1, -0.05) is 19.1 Å². The largest absolute Gasteiger partial charge is 0.352 e. The van der Waals surface area contributed by atoms with E-state index >= 15 is 0 Å². The van der Waals surface area contributed by atoms with Gasteiger partial charge in [0.25, 0.3) is 0 Å². The van der Waals surface area contributed by atoms with Gasteiger partial charge in [-0.3, -0.25) is 9.36 Å². The molecule has 0 radical (unpaired) electrons. The summed E-state index contributed by atoms with van der Waals surface area (Å²) in [5, 5.41) is 2.85. The molecule has 2 aromatic rings. The minimum atomic E-state index is -0.254. The summed E-state index contributed by atoms with van der Waals surface area (Å²) in [4.78, 5) is 26.3. The number of rotatable bonds is 4. The summed E-state index contributed by atoms with van der Waals surface area (Å²) in [6, 6.07) is 7.46. The Morgan fingerprint density at radius 1 is 1.44 bits per heavy atom. The zero-order valence-electron chi connectivity index (χ0n) is 10.6. The van der Waals surface area contributed by atoms with E-state index in [1.807, 2.05) is 38.1 Å². The van der Waals surface area contributed by atoms with Gasteiger partial charge < -0.3 is 10.3 Å². The van der Waals surface area contributed by atoms with E-state index in [4.69, 9.17) is 0 Å². The zero-order valence-corrected chi connectivity index (χ0v) is 10.6. The number of hydrogen-bond donors (Lipinski definition) is 2. The first kappa shape index (κ1) is 12.4. The highest BCUT2D eigenvalue weighted by molar-refractivity contribution is 5.80. The molecule has 0 saturated carbocycles. The van der Waals surface area contributed by atoms with Gasteiger partial charge in [-0.15, -0.1) is 0 Å². The number of aromatic amines is 1. The van der Waals surface area contributed by atoms with Crippen molar-refractivity contribution < 1.29 is 4.79 Å². The first-order valence-corrected chi connectivity index (χ1v) is 6.08. The average Bonchev–Trinajstić information content (AvgIpc) is 2.66. The molecule has 0 spiro atoms. The van der Waals surface area contributed by atoms with E-state index in [2.05, 4.69) is 10.3 Å². The van der Waals surface area contributed by atoms with Gasteiger partial charge in [0.05, 0.1) is 11.0 Å². The highest BCUT2D eigenvalue weighted by Crippen LogP contribution is 2.08. The fraction of sp³-hybridized carbons (Fsp3) is 0.385. The summed E-state index contributed by atoms with van der Waals surface area (Å²) in [7, 11) is 0. The van der Waals surface area contributed by atoms with Crippen LogP contribution in [0.2, 0.25) is 0 Å². The Morgan fingerprint density at radius 2 is 2.17 bits per heavy atom. The van der Waals surface area contributed by atoms with Crippen molar-refractivity contribution in [3.05, 3.63) is 34.7 Å². The van der Waals surface area contributed by atoms with Crippen molar-refractivity contribution >= 4 is 16.9 Å². The van der Waals surface area contributed by atoms with Crippen LogP contribution >= 0.6 is 0 Å². The topological polar surface area (TPSA) is 66.9 Å². The summed E-state index contributed by atoms with van der Waals surface area (Å²) >= 11 is 0. The van der Waals surface area contributed by atoms with Crippen LogP contribution < -0.4 is 11.0 Å². The van der Waals surface area contributed by atoms with Gasteiger partial charge in [0.1, 0.15) is 6.54 Å². The molecule has 5 heteroatoms. The molecule has 1 unspecified atom stereocenters. The number of imidazole rings is 1. The Morgan fingerprint density at radius 3 is 2.89 bits per heavy atom. The minimum Gasteiger partial charge on any atom is -0.352 e. The van der Waals surface area contributed by atoms with Crippen LogP contribution in [0.25, 0.3) is 11.0 Å². The van der Waals surface area contributed by atoms with Gasteiger partial charge in [0.2, 0.25) is 5.91 Å². The predicted molar refractivity (Wildman–Crippen MR) is 70.5 cm³/mol. The monoisotopic (exact) mass is 247 g/mol. The van der Waals surface area contributed by atoms with Gasteiger partial charge in [-0.25, -0.2) is 4.79 Å². The van der Waals surface area contributed by atoms with E-state index in [0.717, 1.165) is 17.5 Å². The van der Waals surface area contributed by atoms with E-state index in [9.17, 15) is 9.59 Å². The summed E-state index contributed by atoms with van der Waals surface area (Å²) < 4.78 is 1.45. The fourth-order valence-electron chi connectivity index (χ4n) is 1.83. The van der Waals surface area contributed by atoms with Crippen LogP contribution in [0.4, 0.5) is 0 Å². The Hall–Kier alpha value is -2.04. The fourth-order valence-corrected chi connectivity index (χ4v) is 1.83. The molecular formula is C13H17N3O2. The van der Waals surface area contributed by atoms with Crippen LogP contribution in [0.15, 0.2) is 29.1 Å². The molecule has 18 heavy (non-hydrogen) atoms. The van der Waals surface area contributed by atoms with Gasteiger partial charge in [0, 0.05) is 6.04 Å². The van der Waals surface area contributed by atoms with Crippen molar-refractivity contribution in [2.24, 2.45) is 0 Å². The molecular weight excluding hydrogens is 230 g/mol. The maximum atomic E-state index is 11.8. The molecule has 0 aliphatic rings. The summed E-state index contributed by atoms with van der Waals surface area (Å²) in [5.74, 6) is -0.142. The van der Waals surface area contributed by atoms with Crippen LogP contribution in [-0.4, -0.2) is 21.5 Å². The van der Waals surface area contributed by atoms with E-state index in [-0.39, 0.29) is 24.2 Å². The lowest BCUT2D eigenvalue weighted by Gasteiger charge is -2.11. The molecule has 0 aliphatic heterocycles. The van der Waals surface area contributed by atoms with E-state index in [1.165, 1.54) is 4.57 Å². The standard InChI is InChI=1S/C13H17N3O2/c1-3-9(2)14-12(17)8-16-11-7-5-4-6-10(11)15-13(16)18/h4-7,9H,3,8H2,1-2H3,(H,14,17)(H,15,18). The molecule has 0 fully saturated rings. The highest BCUT2D eigenvalue weighted by atomic mass is 16.2. The molecule has 96 valence electrons. The SMILES string of the molecule is CCC(C)NC(=O)Cn1c(=O)[nH]c2ccccc21. The Balaban J connectivity index is 2.24. The number of H-pyrrole nitrogens is 1. The van der Waals surface area contributed by atoms with Gasteiger partial charge in [0.15, 0.2) is 0 Å². The third kappa shape index (κ3) is 2.45. The average molecular weight is 247 g/mol. The molecule has 1 atom stereocenters. The smallest absolute Gasteiger partial charge is 0.326 e. The van der Waals surface area contributed by atoms with Crippen LogP contribution in [0.3, 0.4) is 0 Å². The van der Waals surface area contributed by atoms with Gasteiger partial charge >= 0.3 is 5.69 Å². The molecule has 0 aliphatic carbocycles. The number of benzene rings is 1. The lowest BCUT2D eigenvalue weighted by Crippen LogP contribution is -2.36. The Labute approximate surface area is 105 Å². The maximum absolute atomic E-state index is 11.8. The van der Waals surface area contributed by atoms with Crippen molar-refractivity contribution in [3.8, 4) is 0 Å². The third-order valence-corrected chi connectivity index (χ3v) is 3.00.